The molecule has 90 valence electrons. The van der Waals surface area contributed by atoms with Gasteiger partial charge in [0, 0.05) is 26.2 Å². The maximum absolute atomic E-state index is 4.49. The number of nitrogens with zero attached hydrogens (tertiary/aromatic N) is 4. The van der Waals surface area contributed by atoms with Gasteiger partial charge in [-0.25, -0.2) is 9.97 Å². The van der Waals surface area contributed by atoms with Crippen LogP contribution in [0.1, 0.15) is 5.56 Å². The van der Waals surface area contributed by atoms with Crippen LogP contribution in [0.25, 0.3) is 10.2 Å². The van der Waals surface area contributed by atoms with Crippen molar-refractivity contribution in [2.75, 3.05) is 38.1 Å². The molecule has 5 heteroatoms. The minimum absolute atomic E-state index is 1.05. The molecule has 0 amide bonds. The van der Waals surface area contributed by atoms with Crippen LogP contribution in [0, 0.1) is 6.92 Å². The highest BCUT2D eigenvalue weighted by Crippen LogP contribution is 2.30. The van der Waals surface area contributed by atoms with Crippen LogP contribution in [-0.2, 0) is 0 Å². The molecule has 0 aliphatic carbocycles. The van der Waals surface area contributed by atoms with Crippen LogP contribution in [0.3, 0.4) is 0 Å². The minimum Gasteiger partial charge on any atom is -0.353 e. The number of anilines is 1. The van der Waals surface area contributed by atoms with Crippen LogP contribution in [0.5, 0.6) is 0 Å². The summed E-state index contributed by atoms with van der Waals surface area (Å²) in [4.78, 5) is 14.7. The average molecular weight is 248 g/mol. The van der Waals surface area contributed by atoms with Gasteiger partial charge in [-0.2, -0.15) is 0 Å². The first kappa shape index (κ1) is 10.9. The number of piperazine rings is 1. The molecule has 3 rings (SSSR count). The van der Waals surface area contributed by atoms with Crippen LogP contribution < -0.4 is 4.90 Å². The van der Waals surface area contributed by atoms with Crippen LogP contribution >= 0.6 is 11.3 Å². The van der Waals surface area contributed by atoms with E-state index < -0.39 is 0 Å². The third-order valence-corrected chi connectivity index (χ3v) is 4.34. The molecular formula is C12H16N4S. The van der Waals surface area contributed by atoms with Crippen molar-refractivity contribution in [3.63, 3.8) is 0 Å². The molecule has 4 nitrogen and oxygen atoms in total. The summed E-state index contributed by atoms with van der Waals surface area (Å²) < 4.78 is 0. The Labute approximate surface area is 105 Å². The van der Waals surface area contributed by atoms with Gasteiger partial charge in [0.1, 0.15) is 17.0 Å². The molecule has 0 N–H and O–H groups in total. The van der Waals surface area contributed by atoms with Gasteiger partial charge < -0.3 is 9.80 Å². The highest BCUT2D eigenvalue weighted by atomic mass is 32.1. The largest absolute Gasteiger partial charge is 0.353 e. The van der Waals surface area contributed by atoms with E-state index in [1.807, 2.05) is 0 Å². The molecule has 0 radical (unpaired) electrons. The Hall–Kier alpha value is -1.20. The number of fused-ring (bicyclic) bond motifs is 1. The van der Waals surface area contributed by atoms with Gasteiger partial charge in [-0.05, 0) is 24.9 Å². The van der Waals surface area contributed by atoms with E-state index in [-0.39, 0.29) is 0 Å². The molecule has 0 spiro atoms. The lowest BCUT2D eigenvalue weighted by Gasteiger charge is -2.33. The topological polar surface area (TPSA) is 32.3 Å². The monoisotopic (exact) mass is 248 g/mol. The lowest BCUT2D eigenvalue weighted by atomic mass is 10.2. The summed E-state index contributed by atoms with van der Waals surface area (Å²) in [5, 5.41) is 3.40. The van der Waals surface area contributed by atoms with E-state index in [4.69, 9.17) is 0 Å². The molecule has 2 aromatic rings. The molecule has 3 heterocycles. The maximum Gasteiger partial charge on any atom is 0.141 e. The van der Waals surface area contributed by atoms with Crippen LogP contribution in [0.4, 0.5) is 5.82 Å². The zero-order chi connectivity index (χ0) is 11.8. The quantitative estimate of drug-likeness (QED) is 0.769. The number of hydrogen-bond acceptors (Lipinski definition) is 5. The predicted molar refractivity (Wildman–Crippen MR) is 71.9 cm³/mol. The summed E-state index contributed by atoms with van der Waals surface area (Å²) in [6.07, 6.45) is 1.69. The first-order chi connectivity index (χ1) is 8.25. The van der Waals surface area contributed by atoms with E-state index >= 15 is 0 Å². The Morgan fingerprint density at radius 3 is 2.71 bits per heavy atom. The average Bonchev–Trinajstić information content (AvgIpc) is 2.73. The van der Waals surface area contributed by atoms with Gasteiger partial charge in [0.05, 0.1) is 5.39 Å². The van der Waals surface area contributed by atoms with Gasteiger partial charge in [-0.3, -0.25) is 0 Å². The summed E-state index contributed by atoms with van der Waals surface area (Å²) in [5.74, 6) is 1.11. The molecule has 0 saturated carbocycles. The minimum atomic E-state index is 1.05. The van der Waals surface area contributed by atoms with Crippen molar-refractivity contribution < 1.29 is 0 Å². The molecule has 17 heavy (non-hydrogen) atoms. The highest BCUT2D eigenvalue weighted by Gasteiger charge is 2.19. The van der Waals surface area contributed by atoms with Crippen LogP contribution in [0.2, 0.25) is 0 Å². The van der Waals surface area contributed by atoms with Crippen molar-refractivity contribution in [2.24, 2.45) is 0 Å². The molecule has 0 unspecified atom stereocenters. The Bertz CT molecular complexity index is 528. The van der Waals surface area contributed by atoms with E-state index in [1.165, 1.54) is 10.9 Å². The van der Waals surface area contributed by atoms with Gasteiger partial charge >= 0.3 is 0 Å². The third kappa shape index (κ3) is 1.89. The number of aryl methyl sites for hydroxylation is 1. The van der Waals surface area contributed by atoms with E-state index in [0.29, 0.717) is 0 Å². The number of rotatable bonds is 1. The summed E-state index contributed by atoms with van der Waals surface area (Å²) in [6.45, 7) is 6.46. The molecule has 0 atom stereocenters. The van der Waals surface area contributed by atoms with Crippen LogP contribution in [0.15, 0.2) is 11.7 Å². The lowest BCUT2D eigenvalue weighted by molar-refractivity contribution is 0.312. The highest BCUT2D eigenvalue weighted by molar-refractivity contribution is 7.17. The van der Waals surface area contributed by atoms with Crippen molar-refractivity contribution in [2.45, 2.75) is 6.92 Å². The number of likely N-dealkylation sites (N-methyl/N-ethyl adjacent to an activating group) is 1. The Kier molecular flexibility index (Phi) is 2.72. The van der Waals surface area contributed by atoms with Crippen molar-refractivity contribution >= 4 is 27.4 Å². The molecule has 1 saturated heterocycles. The Morgan fingerprint density at radius 1 is 1.18 bits per heavy atom. The van der Waals surface area contributed by atoms with Gasteiger partial charge in [0.15, 0.2) is 0 Å². The Balaban J connectivity index is 2.02. The maximum atomic E-state index is 4.49. The normalized spacial score (nSPS) is 17.9. The van der Waals surface area contributed by atoms with E-state index in [1.54, 1.807) is 17.7 Å². The molecule has 1 aliphatic rings. The molecular weight excluding hydrogens is 232 g/mol. The van der Waals surface area contributed by atoms with Crippen molar-refractivity contribution in [3.05, 3.63) is 17.3 Å². The van der Waals surface area contributed by atoms with Gasteiger partial charge in [-0.15, -0.1) is 11.3 Å². The first-order valence-corrected chi connectivity index (χ1v) is 6.76. The zero-order valence-corrected chi connectivity index (χ0v) is 11.0. The van der Waals surface area contributed by atoms with Crippen molar-refractivity contribution in [1.82, 2.24) is 14.9 Å². The second kappa shape index (κ2) is 4.23. The van der Waals surface area contributed by atoms with Gasteiger partial charge in [-0.1, -0.05) is 0 Å². The van der Waals surface area contributed by atoms with E-state index in [9.17, 15) is 0 Å². The fraction of sp³-hybridized carbons (Fsp3) is 0.500. The molecule has 0 aromatic carbocycles. The van der Waals surface area contributed by atoms with E-state index in [0.717, 1.165) is 36.8 Å². The summed E-state index contributed by atoms with van der Waals surface area (Å²) in [6, 6.07) is 0. The zero-order valence-electron chi connectivity index (χ0n) is 10.2. The van der Waals surface area contributed by atoms with Gasteiger partial charge in [0.25, 0.3) is 0 Å². The number of thiophene rings is 1. The van der Waals surface area contributed by atoms with E-state index in [2.05, 4.69) is 39.1 Å². The molecule has 2 aromatic heterocycles. The Morgan fingerprint density at radius 2 is 1.94 bits per heavy atom. The number of aromatic nitrogens is 2. The SMILES string of the molecule is Cc1csc2ncnc(N3CCN(C)CC3)c12. The summed E-state index contributed by atoms with van der Waals surface area (Å²) in [7, 11) is 2.17. The standard InChI is InChI=1S/C12H16N4S/c1-9-7-17-12-10(9)11(13-8-14-12)16-5-3-15(2)4-6-16/h7-8H,3-6H2,1-2H3. The number of hydrogen-bond donors (Lipinski definition) is 0. The predicted octanol–water partition coefficient (Wildman–Crippen LogP) is 1.75. The molecule has 1 aliphatic heterocycles. The van der Waals surface area contributed by atoms with Crippen LogP contribution in [-0.4, -0.2) is 48.1 Å². The summed E-state index contributed by atoms with van der Waals surface area (Å²) >= 11 is 1.70. The fourth-order valence-electron chi connectivity index (χ4n) is 2.26. The first-order valence-electron chi connectivity index (χ1n) is 5.88. The smallest absolute Gasteiger partial charge is 0.141 e. The third-order valence-electron chi connectivity index (χ3n) is 3.34. The summed E-state index contributed by atoms with van der Waals surface area (Å²) in [5.41, 5.74) is 1.29. The van der Waals surface area contributed by atoms with Crippen molar-refractivity contribution in [1.29, 1.82) is 0 Å². The molecule has 1 fully saturated rings. The lowest BCUT2D eigenvalue weighted by Crippen LogP contribution is -2.44. The fourth-order valence-corrected chi connectivity index (χ4v) is 3.14. The second-order valence-electron chi connectivity index (χ2n) is 4.59. The van der Waals surface area contributed by atoms with Crippen molar-refractivity contribution in [3.8, 4) is 0 Å². The second-order valence-corrected chi connectivity index (χ2v) is 5.44. The van der Waals surface area contributed by atoms with Gasteiger partial charge in [0.2, 0.25) is 0 Å². The molecule has 0 bridgehead atoms.